The molecule has 2 fully saturated rings. The van der Waals surface area contributed by atoms with E-state index in [1.54, 1.807) is 12.1 Å². The fourth-order valence-electron chi connectivity index (χ4n) is 4.31. The van der Waals surface area contributed by atoms with Gasteiger partial charge in [0.1, 0.15) is 11.9 Å². The van der Waals surface area contributed by atoms with Gasteiger partial charge in [0, 0.05) is 6.04 Å². The van der Waals surface area contributed by atoms with Gasteiger partial charge < -0.3 is 10.4 Å². The first-order valence-electron chi connectivity index (χ1n) is 8.99. The molecule has 5 nitrogen and oxygen atoms in total. The van der Waals surface area contributed by atoms with E-state index in [0.29, 0.717) is 12.3 Å². The Balaban J connectivity index is 1.64. The number of hydrogen-bond donors (Lipinski definition) is 2. The maximum absolute atomic E-state index is 13.0. The first-order chi connectivity index (χ1) is 12.0. The van der Waals surface area contributed by atoms with E-state index in [2.05, 4.69) is 5.32 Å². The number of nitrogens with one attached hydrogen (secondary N) is 1. The second-order valence-corrected chi connectivity index (χ2v) is 7.21. The van der Waals surface area contributed by atoms with Gasteiger partial charge in [-0.3, -0.25) is 14.5 Å². The van der Waals surface area contributed by atoms with E-state index < -0.39 is 12.0 Å². The summed E-state index contributed by atoms with van der Waals surface area (Å²) < 4.78 is 13.0. The number of amides is 1. The summed E-state index contributed by atoms with van der Waals surface area (Å²) in [5, 5.41) is 12.4. The molecule has 1 saturated heterocycles. The molecule has 0 aromatic heterocycles. The molecule has 1 aromatic carbocycles. The van der Waals surface area contributed by atoms with E-state index in [0.717, 1.165) is 31.2 Å². The number of hydrogen-bond acceptors (Lipinski definition) is 3. The molecule has 1 heterocycles. The second-order valence-electron chi connectivity index (χ2n) is 7.21. The summed E-state index contributed by atoms with van der Waals surface area (Å²) in [7, 11) is 0. The van der Waals surface area contributed by atoms with Crippen molar-refractivity contribution in [3.63, 3.8) is 0 Å². The number of carbonyl (C=O) groups is 2. The normalized spacial score (nSPS) is 27.5. The van der Waals surface area contributed by atoms with Crippen LogP contribution in [-0.4, -0.2) is 40.5 Å². The van der Waals surface area contributed by atoms with Crippen LogP contribution in [0.15, 0.2) is 24.3 Å². The summed E-state index contributed by atoms with van der Waals surface area (Å²) in [5.74, 6) is -0.952. The molecule has 0 radical (unpaired) electrons. The molecule has 1 saturated carbocycles. The van der Waals surface area contributed by atoms with Crippen molar-refractivity contribution in [3.8, 4) is 0 Å². The van der Waals surface area contributed by atoms with Crippen molar-refractivity contribution in [1.29, 1.82) is 0 Å². The van der Waals surface area contributed by atoms with Crippen molar-refractivity contribution in [3.05, 3.63) is 35.6 Å². The van der Waals surface area contributed by atoms with Crippen molar-refractivity contribution >= 4 is 11.9 Å². The standard InChI is InChI=1S/C19H25FN2O3/c1-12(13-6-8-15(20)9-7-13)21-18(23)11-22-16-5-3-2-4-14(16)10-17(22)19(24)25/h6-9,12,14,16-17H,2-5,10-11H2,1H3,(H,21,23)(H,24,25). The molecule has 0 bridgehead atoms. The van der Waals surface area contributed by atoms with E-state index in [-0.39, 0.29) is 30.4 Å². The molecular formula is C19H25FN2O3. The number of carbonyl (C=O) groups excluding carboxylic acids is 1. The Kier molecular flexibility index (Phi) is 5.37. The van der Waals surface area contributed by atoms with Crippen LogP contribution < -0.4 is 5.32 Å². The Hall–Kier alpha value is -1.95. The van der Waals surface area contributed by atoms with E-state index in [1.807, 2.05) is 11.8 Å². The van der Waals surface area contributed by atoms with Gasteiger partial charge in [-0.05, 0) is 49.8 Å². The number of carboxylic acid groups (broad SMARTS) is 1. The molecule has 4 unspecified atom stereocenters. The van der Waals surface area contributed by atoms with Gasteiger partial charge in [-0.2, -0.15) is 0 Å². The molecule has 6 heteroatoms. The van der Waals surface area contributed by atoms with Gasteiger partial charge in [0.05, 0.1) is 12.6 Å². The van der Waals surface area contributed by atoms with Gasteiger partial charge in [-0.25, -0.2) is 4.39 Å². The second kappa shape index (κ2) is 7.52. The maximum atomic E-state index is 13.0. The Morgan fingerprint density at radius 3 is 2.64 bits per heavy atom. The van der Waals surface area contributed by atoms with Gasteiger partial charge in [0.15, 0.2) is 0 Å². The van der Waals surface area contributed by atoms with Crippen LogP contribution in [-0.2, 0) is 9.59 Å². The minimum Gasteiger partial charge on any atom is -0.480 e. The Morgan fingerprint density at radius 1 is 1.28 bits per heavy atom. The quantitative estimate of drug-likeness (QED) is 0.858. The average Bonchev–Trinajstić information content (AvgIpc) is 2.94. The number of carboxylic acids is 1. The lowest BCUT2D eigenvalue weighted by molar-refractivity contribution is -0.143. The highest BCUT2D eigenvalue weighted by Gasteiger charge is 2.45. The van der Waals surface area contributed by atoms with Gasteiger partial charge in [0.25, 0.3) is 0 Å². The summed E-state index contributed by atoms with van der Waals surface area (Å²) >= 11 is 0. The Bertz CT molecular complexity index is 634. The molecule has 25 heavy (non-hydrogen) atoms. The molecule has 2 N–H and O–H groups in total. The summed E-state index contributed by atoms with van der Waals surface area (Å²) in [6, 6.07) is 5.40. The number of benzene rings is 1. The van der Waals surface area contributed by atoms with E-state index in [9.17, 15) is 19.1 Å². The lowest BCUT2D eigenvalue weighted by Gasteiger charge is -2.32. The van der Waals surface area contributed by atoms with E-state index in [1.165, 1.54) is 12.1 Å². The molecule has 4 atom stereocenters. The Morgan fingerprint density at radius 2 is 1.96 bits per heavy atom. The first-order valence-corrected chi connectivity index (χ1v) is 8.99. The van der Waals surface area contributed by atoms with Crippen LogP contribution in [0.4, 0.5) is 4.39 Å². The highest BCUT2D eigenvalue weighted by atomic mass is 19.1. The lowest BCUT2D eigenvalue weighted by Crippen LogP contribution is -2.47. The van der Waals surface area contributed by atoms with Crippen LogP contribution in [0.1, 0.15) is 50.6 Å². The average molecular weight is 348 g/mol. The van der Waals surface area contributed by atoms with Crippen molar-refractivity contribution in [1.82, 2.24) is 10.2 Å². The molecule has 136 valence electrons. The molecule has 1 aliphatic heterocycles. The molecule has 0 spiro atoms. The highest BCUT2D eigenvalue weighted by Crippen LogP contribution is 2.39. The van der Waals surface area contributed by atoms with Gasteiger partial charge >= 0.3 is 5.97 Å². The number of likely N-dealkylation sites (tertiary alicyclic amines) is 1. The molecule has 2 aliphatic rings. The molecule has 1 aliphatic carbocycles. The van der Waals surface area contributed by atoms with Crippen LogP contribution in [0.3, 0.4) is 0 Å². The summed E-state index contributed by atoms with van der Waals surface area (Å²) in [6.45, 7) is 1.94. The van der Waals surface area contributed by atoms with E-state index >= 15 is 0 Å². The number of nitrogens with zero attached hydrogens (tertiary/aromatic N) is 1. The Labute approximate surface area is 147 Å². The zero-order valence-corrected chi connectivity index (χ0v) is 14.5. The van der Waals surface area contributed by atoms with Crippen LogP contribution in [0.25, 0.3) is 0 Å². The van der Waals surface area contributed by atoms with Gasteiger partial charge in [-0.1, -0.05) is 25.0 Å². The first kappa shape index (κ1) is 17.9. The number of aliphatic carboxylic acids is 1. The lowest BCUT2D eigenvalue weighted by atomic mass is 9.85. The van der Waals surface area contributed by atoms with Gasteiger partial charge in [0.2, 0.25) is 5.91 Å². The minimum absolute atomic E-state index is 0.101. The third-order valence-corrected chi connectivity index (χ3v) is 5.58. The van der Waals surface area contributed by atoms with Crippen LogP contribution in [0.5, 0.6) is 0 Å². The van der Waals surface area contributed by atoms with Crippen LogP contribution in [0.2, 0.25) is 0 Å². The number of rotatable bonds is 5. The summed E-state index contributed by atoms with van der Waals surface area (Å²) in [6.07, 6.45) is 4.90. The fourth-order valence-corrected chi connectivity index (χ4v) is 4.31. The molecule has 1 amide bonds. The molecule has 3 rings (SSSR count). The van der Waals surface area contributed by atoms with Gasteiger partial charge in [-0.15, -0.1) is 0 Å². The number of fused-ring (bicyclic) bond motifs is 1. The summed E-state index contributed by atoms with van der Waals surface area (Å²) in [4.78, 5) is 26.0. The smallest absolute Gasteiger partial charge is 0.320 e. The molecular weight excluding hydrogens is 323 g/mol. The maximum Gasteiger partial charge on any atom is 0.320 e. The third-order valence-electron chi connectivity index (χ3n) is 5.58. The predicted octanol–water partition coefficient (Wildman–Crippen LogP) is 2.72. The van der Waals surface area contributed by atoms with Crippen molar-refractivity contribution in [2.24, 2.45) is 5.92 Å². The zero-order chi connectivity index (χ0) is 18.0. The largest absolute Gasteiger partial charge is 0.480 e. The molecule has 1 aromatic rings. The van der Waals surface area contributed by atoms with Crippen LogP contribution in [0, 0.1) is 11.7 Å². The minimum atomic E-state index is -0.839. The SMILES string of the molecule is CC(NC(=O)CN1C(C(=O)O)CC2CCCCC21)c1ccc(F)cc1. The number of halogens is 1. The van der Waals surface area contributed by atoms with Crippen molar-refractivity contribution in [2.75, 3.05) is 6.54 Å². The third kappa shape index (κ3) is 4.00. The topological polar surface area (TPSA) is 69.6 Å². The summed E-state index contributed by atoms with van der Waals surface area (Å²) in [5.41, 5.74) is 0.821. The predicted molar refractivity (Wildman–Crippen MR) is 91.5 cm³/mol. The van der Waals surface area contributed by atoms with Crippen LogP contribution >= 0.6 is 0 Å². The van der Waals surface area contributed by atoms with Crippen molar-refractivity contribution in [2.45, 2.75) is 57.2 Å². The zero-order valence-electron chi connectivity index (χ0n) is 14.5. The fraction of sp³-hybridized carbons (Fsp3) is 0.579. The van der Waals surface area contributed by atoms with Crippen molar-refractivity contribution < 1.29 is 19.1 Å². The van der Waals surface area contributed by atoms with E-state index in [4.69, 9.17) is 0 Å². The highest BCUT2D eigenvalue weighted by molar-refractivity contribution is 5.80. The monoisotopic (exact) mass is 348 g/mol.